The van der Waals surface area contributed by atoms with Gasteiger partial charge in [-0.05, 0) is 32.0 Å². The summed E-state index contributed by atoms with van der Waals surface area (Å²) in [5.74, 6) is 4.73. The first-order valence-corrected chi connectivity index (χ1v) is 6.96. The zero-order valence-electron chi connectivity index (χ0n) is 11.7. The molecule has 6 heteroatoms. The summed E-state index contributed by atoms with van der Waals surface area (Å²) in [5.41, 5.74) is 3.39. The normalized spacial score (nSPS) is 22.8. The Morgan fingerprint density at radius 3 is 2.85 bits per heavy atom. The van der Waals surface area contributed by atoms with Crippen molar-refractivity contribution >= 4 is 5.91 Å². The van der Waals surface area contributed by atoms with Gasteiger partial charge in [-0.3, -0.25) is 20.1 Å². The second-order valence-corrected chi connectivity index (χ2v) is 5.35. The third-order valence-corrected chi connectivity index (χ3v) is 3.89. The number of hydrazine groups is 1. The Balaban J connectivity index is 1.97. The Labute approximate surface area is 119 Å². The molecule has 0 bridgehead atoms. The Bertz CT molecular complexity index is 449. The fourth-order valence-electron chi connectivity index (χ4n) is 2.71. The van der Waals surface area contributed by atoms with Gasteiger partial charge in [-0.1, -0.05) is 12.8 Å². The average molecular weight is 278 g/mol. The lowest BCUT2D eigenvalue weighted by atomic mass is 9.91. The van der Waals surface area contributed by atoms with Crippen molar-refractivity contribution in [1.82, 2.24) is 15.3 Å². The summed E-state index contributed by atoms with van der Waals surface area (Å²) >= 11 is 0. The molecule has 1 amide bonds. The van der Waals surface area contributed by atoms with Gasteiger partial charge in [0.15, 0.2) is 0 Å². The number of carbonyl (C=O) groups excluding carboxylic acids is 1. The minimum Gasteiger partial charge on any atom is -0.391 e. The van der Waals surface area contributed by atoms with E-state index in [9.17, 15) is 9.90 Å². The molecule has 2 atom stereocenters. The van der Waals surface area contributed by atoms with Crippen molar-refractivity contribution in [3.05, 3.63) is 29.6 Å². The number of rotatable bonds is 4. The van der Waals surface area contributed by atoms with Crippen LogP contribution in [0, 0.1) is 0 Å². The van der Waals surface area contributed by atoms with Crippen LogP contribution in [-0.2, 0) is 6.54 Å². The number of nitrogens with one attached hydrogen (secondary N) is 1. The maximum Gasteiger partial charge on any atom is 0.266 e. The molecule has 1 aromatic rings. The second-order valence-electron chi connectivity index (χ2n) is 5.35. The van der Waals surface area contributed by atoms with E-state index in [4.69, 9.17) is 5.84 Å². The Hall–Kier alpha value is -1.50. The number of pyridine rings is 1. The highest BCUT2D eigenvalue weighted by Gasteiger charge is 2.26. The smallest absolute Gasteiger partial charge is 0.266 e. The molecule has 1 saturated carbocycles. The topological polar surface area (TPSA) is 91.5 Å². The number of likely N-dealkylation sites (N-methyl/N-ethyl adjacent to an activating group) is 1. The zero-order chi connectivity index (χ0) is 14.5. The summed E-state index contributed by atoms with van der Waals surface area (Å²) in [6.07, 6.45) is 5.42. The van der Waals surface area contributed by atoms with E-state index in [1.807, 2.05) is 13.1 Å². The molecule has 20 heavy (non-hydrogen) atoms. The number of hydrogen-bond acceptors (Lipinski definition) is 5. The molecule has 0 radical (unpaired) electrons. The summed E-state index contributed by atoms with van der Waals surface area (Å²) in [6, 6.07) is 3.71. The first kappa shape index (κ1) is 14.9. The minimum absolute atomic E-state index is 0.192. The van der Waals surface area contributed by atoms with E-state index in [2.05, 4.69) is 15.3 Å². The van der Waals surface area contributed by atoms with Gasteiger partial charge in [-0.25, -0.2) is 5.84 Å². The van der Waals surface area contributed by atoms with Crippen molar-refractivity contribution in [3.63, 3.8) is 0 Å². The van der Waals surface area contributed by atoms with E-state index in [1.165, 1.54) is 6.20 Å². The molecule has 110 valence electrons. The van der Waals surface area contributed by atoms with Crippen LogP contribution < -0.4 is 11.3 Å². The molecule has 2 unspecified atom stereocenters. The van der Waals surface area contributed by atoms with Crippen LogP contribution in [0.15, 0.2) is 18.3 Å². The lowest BCUT2D eigenvalue weighted by Crippen LogP contribution is -2.43. The van der Waals surface area contributed by atoms with Gasteiger partial charge >= 0.3 is 0 Å². The van der Waals surface area contributed by atoms with E-state index in [0.29, 0.717) is 12.1 Å². The average Bonchev–Trinajstić information content (AvgIpc) is 2.47. The minimum atomic E-state index is -0.347. The van der Waals surface area contributed by atoms with Crippen LogP contribution in [-0.4, -0.2) is 40.1 Å². The summed E-state index contributed by atoms with van der Waals surface area (Å²) in [7, 11) is 2.00. The van der Waals surface area contributed by atoms with Gasteiger partial charge in [0, 0.05) is 18.8 Å². The van der Waals surface area contributed by atoms with E-state index in [0.717, 1.165) is 31.4 Å². The first-order chi connectivity index (χ1) is 9.61. The van der Waals surface area contributed by atoms with Gasteiger partial charge in [-0.2, -0.15) is 0 Å². The number of nitrogens with zero attached hydrogens (tertiary/aromatic N) is 2. The van der Waals surface area contributed by atoms with Crippen LogP contribution in [0.5, 0.6) is 0 Å². The quantitative estimate of drug-likeness (QED) is 0.422. The molecule has 4 N–H and O–H groups in total. The van der Waals surface area contributed by atoms with Crippen molar-refractivity contribution in [3.8, 4) is 0 Å². The van der Waals surface area contributed by atoms with E-state index >= 15 is 0 Å². The highest BCUT2D eigenvalue weighted by Crippen LogP contribution is 2.23. The van der Waals surface area contributed by atoms with Gasteiger partial charge in [-0.15, -0.1) is 0 Å². The van der Waals surface area contributed by atoms with E-state index in [1.54, 1.807) is 6.07 Å². The zero-order valence-corrected chi connectivity index (χ0v) is 11.7. The molecule has 1 aromatic heterocycles. The number of carbonyl (C=O) groups is 1. The van der Waals surface area contributed by atoms with E-state index < -0.39 is 0 Å². The number of amides is 1. The van der Waals surface area contributed by atoms with Crippen LogP contribution in [0.1, 0.15) is 41.7 Å². The summed E-state index contributed by atoms with van der Waals surface area (Å²) < 4.78 is 0. The van der Waals surface area contributed by atoms with Crippen LogP contribution in [0.4, 0.5) is 0 Å². The third kappa shape index (κ3) is 3.53. The number of hydrogen-bond donors (Lipinski definition) is 3. The molecule has 1 aliphatic rings. The summed E-state index contributed by atoms with van der Waals surface area (Å²) in [5, 5.41) is 10.0. The van der Waals surface area contributed by atoms with Crippen molar-refractivity contribution in [2.24, 2.45) is 5.84 Å². The number of nitrogens with two attached hydrogens (primary N) is 1. The Kier molecular flexibility index (Phi) is 5.05. The maximum absolute atomic E-state index is 11.3. The largest absolute Gasteiger partial charge is 0.391 e. The predicted molar refractivity (Wildman–Crippen MR) is 75.6 cm³/mol. The molecular weight excluding hydrogens is 256 g/mol. The standard InChI is InChI=1S/C14H22N4O2/c1-18(12-4-2-3-5-13(12)19)9-11-7-6-10(8-16-11)14(20)17-15/h6-8,12-13,19H,2-5,9,15H2,1H3,(H,17,20). The fraction of sp³-hybridized carbons (Fsp3) is 0.571. The number of nitrogen functional groups attached to an aromatic ring is 1. The number of aliphatic hydroxyl groups excluding tert-OH is 1. The highest BCUT2D eigenvalue weighted by atomic mass is 16.3. The van der Waals surface area contributed by atoms with Gasteiger partial charge < -0.3 is 5.11 Å². The van der Waals surface area contributed by atoms with Crippen LogP contribution in [0.3, 0.4) is 0 Å². The Morgan fingerprint density at radius 2 is 2.25 bits per heavy atom. The predicted octanol–water partition coefficient (Wildman–Crippen LogP) is 0.420. The van der Waals surface area contributed by atoms with Gasteiger partial charge in [0.1, 0.15) is 0 Å². The van der Waals surface area contributed by atoms with Gasteiger partial charge in [0.25, 0.3) is 5.91 Å². The lowest BCUT2D eigenvalue weighted by molar-refractivity contribution is 0.0283. The molecule has 2 rings (SSSR count). The molecule has 0 aromatic carbocycles. The van der Waals surface area contributed by atoms with Crippen molar-refractivity contribution in [2.75, 3.05) is 7.05 Å². The maximum atomic E-state index is 11.3. The van der Waals surface area contributed by atoms with Gasteiger partial charge in [0.05, 0.1) is 17.4 Å². The lowest BCUT2D eigenvalue weighted by Gasteiger charge is -2.35. The molecule has 0 spiro atoms. The molecule has 1 heterocycles. The van der Waals surface area contributed by atoms with Gasteiger partial charge in [0.2, 0.25) is 0 Å². The molecular formula is C14H22N4O2. The van der Waals surface area contributed by atoms with Crippen molar-refractivity contribution in [2.45, 2.75) is 44.4 Å². The second kappa shape index (κ2) is 6.78. The van der Waals surface area contributed by atoms with Crippen LogP contribution >= 0.6 is 0 Å². The van der Waals surface area contributed by atoms with Crippen LogP contribution in [0.25, 0.3) is 0 Å². The van der Waals surface area contributed by atoms with E-state index in [-0.39, 0.29) is 18.1 Å². The molecule has 1 aliphatic carbocycles. The summed E-state index contributed by atoms with van der Waals surface area (Å²) in [4.78, 5) is 17.7. The molecule has 0 aliphatic heterocycles. The highest BCUT2D eigenvalue weighted by molar-refractivity contribution is 5.93. The SMILES string of the molecule is CN(Cc1ccc(C(=O)NN)cn1)C1CCCCC1O. The third-order valence-electron chi connectivity index (χ3n) is 3.89. The molecule has 6 nitrogen and oxygen atoms in total. The number of aromatic nitrogens is 1. The fourth-order valence-corrected chi connectivity index (χ4v) is 2.71. The first-order valence-electron chi connectivity index (χ1n) is 6.96. The molecule has 1 fully saturated rings. The monoisotopic (exact) mass is 278 g/mol. The Morgan fingerprint density at radius 1 is 1.50 bits per heavy atom. The number of aliphatic hydroxyl groups is 1. The van der Waals surface area contributed by atoms with Crippen LogP contribution in [0.2, 0.25) is 0 Å². The van der Waals surface area contributed by atoms with Crippen molar-refractivity contribution < 1.29 is 9.90 Å². The summed E-state index contributed by atoms with van der Waals surface area (Å²) in [6.45, 7) is 0.659. The van der Waals surface area contributed by atoms with Crippen molar-refractivity contribution in [1.29, 1.82) is 0 Å². The molecule has 0 saturated heterocycles.